The van der Waals surface area contributed by atoms with Crippen molar-refractivity contribution >= 4 is 5.91 Å². The molecule has 2 fully saturated rings. The van der Waals surface area contributed by atoms with E-state index in [9.17, 15) is 4.79 Å². The van der Waals surface area contributed by atoms with Crippen LogP contribution in [0.4, 0.5) is 0 Å². The van der Waals surface area contributed by atoms with Crippen molar-refractivity contribution in [3.05, 3.63) is 17.5 Å². The van der Waals surface area contributed by atoms with Crippen molar-refractivity contribution in [2.75, 3.05) is 0 Å². The van der Waals surface area contributed by atoms with E-state index in [-0.39, 0.29) is 11.9 Å². The Labute approximate surface area is 119 Å². The van der Waals surface area contributed by atoms with Crippen LogP contribution in [0.5, 0.6) is 0 Å². The lowest BCUT2D eigenvalue weighted by Crippen LogP contribution is -2.42. The van der Waals surface area contributed by atoms with Crippen LogP contribution in [0.1, 0.15) is 50.5 Å². The molecule has 2 heterocycles. The summed E-state index contributed by atoms with van der Waals surface area (Å²) in [6, 6.07) is 2.43. The number of aryl methyl sites for hydroxylation is 1. The van der Waals surface area contributed by atoms with E-state index in [2.05, 4.69) is 15.8 Å². The Kier molecular flexibility index (Phi) is 4.05. The van der Waals surface area contributed by atoms with Crippen molar-refractivity contribution in [1.82, 2.24) is 15.8 Å². The quantitative estimate of drug-likeness (QED) is 0.880. The molecule has 110 valence electrons. The highest BCUT2D eigenvalue weighted by atomic mass is 16.5. The predicted octanol–water partition coefficient (Wildman–Crippen LogP) is 1.77. The summed E-state index contributed by atoms with van der Waals surface area (Å²) >= 11 is 0. The van der Waals surface area contributed by atoms with Crippen molar-refractivity contribution in [2.45, 2.75) is 64.1 Å². The van der Waals surface area contributed by atoms with Gasteiger partial charge in [-0.05, 0) is 31.6 Å². The fourth-order valence-electron chi connectivity index (χ4n) is 3.42. The van der Waals surface area contributed by atoms with Crippen LogP contribution in [0, 0.1) is 5.92 Å². The van der Waals surface area contributed by atoms with Crippen molar-refractivity contribution in [2.24, 2.45) is 5.92 Å². The lowest BCUT2D eigenvalue weighted by Gasteiger charge is -2.24. The molecule has 0 unspecified atom stereocenters. The van der Waals surface area contributed by atoms with Gasteiger partial charge in [-0.3, -0.25) is 4.79 Å². The lowest BCUT2D eigenvalue weighted by atomic mass is 9.85. The minimum Gasteiger partial charge on any atom is -0.359 e. The molecule has 2 aliphatic rings. The Bertz CT molecular complexity index is 457. The van der Waals surface area contributed by atoms with E-state index >= 15 is 0 Å². The van der Waals surface area contributed by atoms with Gasteiger partial charge in [0.05, 0.1) is 18.3 Å². The maximum Gasteiger partial charge on any atom is 0.237 e. The topological polar surface area (TPSA) is 67.2 Å². The molecule has 0 aromatic carbocycles. The van der Waals surface area contributed by atoms with E-state index in [0.29, 0.717) is 18.5 Å². The molecular formula is C15H23N3O2. The Morgan fingerprint density at radius 1 is 1.50 bits per heavy atom. The normalized spacial score (nSPS) is 29.1. The van der Waals surface area contributed by atoms with Gasteiger partial charge in [-0.1, -0.05) is 24.9 Å². The zero-order valence-corrected chi connectivity index (χ0v) is 12.0. The molecular weight excluding hydrogens is 254 g/mol. The molecule has 1 aliphatic heterocycles. The number of carbonyl (C=O) groups is 1. The second kappa shape index (κ2) is 5.95. The summed E-state index contributed by atoms with van der Waals surface area (Å²) in [5.41, 5.74) is 0.930. The molecule has 1 aromatic rings. The van der Waals surface area contributed by atoms with E-state index in [1.807, 2.05) is 13.0 Å². The van der Waals surface area contributed by atoms with Crippen LogP contribution < -0.4 is 10.6 Å². The summed E-state index contributed by atoms with van der Waals surface area (Å²) in [4.78, 5) is 12.2. The number of nitrogens with one attached hydrogen (secondary N) is 2. The van der Waals surface area contributed by atoms with E-state index < -0.39 is 0 Å². The molecule has 2 N–H and O–H groups in total. The maximum atomic E-state index is 12.2. The predicted molar refractivity (Wildman–Crippen MR) is 75.0 cm³/mol. The van der Waals surface area contributed by atoms with Gasteiger partial charge >= 0.3 is 0 Å². The molecule has 0 radical (unpaired) electrons. The van der Waals surface area contributed by atoms with Gasteiger partial charge in [0.15, 0.2) is 5.76 Å². The minimum atomic E-state index is -0.0309. The molecule has 0 bridgehead atoms. The molecule has 1 aliphatic carbocycles. The average Bonchev–Trinajstić information content (AvgIpc) is 3.10. The monoisotopic (exact) mass is 277 g/mol. The van der Waals surface area contributed by atoms with Crippen molar-refractivity contribution in [3.8, 4) is 0 Å². The standard InChI is InChI=1S/C15H23N3O2/c1-2-11-8-12(20-18-11)9-16-15(19)14-7-10-5-3-4-6-13(10)17-14/h8,10,13-14,17H,2-7,9H2,1H3,(H,16,19)/t10-,13+,14+/m1/s1. The van der Waals surface area contributed by atoms with Gasteiger partial charge in [-0.2, -0.15) is 0 Å². The average molecular weight is 277 g/mol. The fourth-order valence-corrected chi connectivity index (χ4v) is 3.42. The summed E-state index contributed by atoms with van der Waals surface area (Å²) in [6.07, 6.45) is 6.92. The van der Waals surface area contributed by atoms with Gasteiger partial charge < -0.3 is 15.2 Å². The van der Waals surface area contributed by atoms with E-state index in [1.165, 1.54) is 25.7 Å². The van der Waals surface area contributed by atoms with E-state index in [0.717, 1.165) is 24.3 Å². The SMILES string of the molecule is CCc1cc(CNC(=O)[C@@H]2C[C@H]3CCCC[C@@H]3N2)on1. The molecule has 1 saturated heterocycles. The number of rotatable bonds is 4. The molecule has 0 spiro atoms. The molecule has 20 heavy (non-hydrogen) atoms. The highest BCUT2D eigenvalue weighted by Gasteiger charge is 2.38. The van der Waals surface area contributed by atoms with Gasteiger partial charge in [0, 0.05) is 12.1 Å². The third kappa shape index (κ3) is 2.87. The summed E-state index contributed by atoms with van der Waals surface area (Å²) < 4.78 is 5.18. The molecule has 1 amide bonds. The molecule has 1 aromatic heterocycles. The van der Waals surface area contributed by atoms with Gasteiger partial charge in [0.1, 0.15) is 0 Å². The van der Waals surface area contributed by atoms with Crippen molar-refractivity contribution in [1.29, 1.82) is 0 Å². The largest absolute Gasteiger partial charge is 0.359 e. The Morgan fingerprint density at radius 3 is 3.10 bits per heavy atom. The number of carbonyl (C=O) groups excluding carboxylic acids is 1. The third-order valence-electron chi connectivity index (χ3n) is 4.59. The summed E-state index contributed by atoms with van der Waals surface area (Å²) in [5.74, 6) is 1.51. The minimum absolute atomic E-state index is 0.0309. The Balaban J connectivity index is 1.49. The highest BCUT2D eigenvalue weighted by molar-refractivity contribution is 5.82. The number of nitrogens with zero attached hydrogens (tertiary/aromatic N) is 1. The second-order valence-corrected chi connectivity index (χ2v) is 5.96. The molecule has 3 atom stereocenters. The smallest absolute Gasteiger partial charge is 0.237 e. The zero-order chi connectivity index (χ0) is 13.9. The Morgan fingerprint density at radius 2 is 2.35 bits per heavy atom. The lowest BCUT2D eigenvalue weighted by molar-refractivity contribution is -0.123. The van der Waals surface area contributed by atoms with Crippen LogP contribution in [0.15, 0.2) is 10.6 Å². The van der Waals surface area contributed by atoms with E-state index in [4.69, 9.17) is 4.52 Å². The van der Waals surface area contributed by atoms with Crippen molar-refractivity contribution < 1.29 is 9.32 Å². The summed E-state index contributed by atoms with van der Waals surface area (Å²) in [5, 5.41) is 10.4. The molecule has 5 heteroatoms. The maximum absolute atomic E-state index is 12.2. The zero-order valence-electron chi connectivity index (χ0n) is 12.0. The number of fused-ring (bicyclic) bond motifs is 1. The number of hydrogen-bond donors (Lipinski definition) is 2. The summed E-state index contributed by atoms with van der Waals surface area (Å²) in [6.45, 7) is 2.46. The van der Waals surface area contributed by atoms with Crippen LogP contribution >= 0.6 is 0 Å². The number of hydrogen-bond acceptors (Lipinski definition) is 4. The van der Waals surface area contributed by atoms with Crippen molar-refractivity contribution in [3.63, 3.8) is 0 Å². The number of aromatic nitrogens is 1. The van der Waals surface area contributed by atoms with Gasteiger partial charge in [0.2, 0.25) is 5.91 Å². The first-order chi connectivity index (χ1) is 9.76. The van der Waals surface area contributed by atoms with Gasteiger partial charge in [-0.25, -0.2) is 0 Å². The summed E-state index contributed by atoms with van der Waals surface area (Å²) in [7, 11) is 0. The van der Waals surface area contributed by atoms with Gasteiger partial charge in [0.25, 0.3) is 0 Å². The highest BCUT2D eigenvalue weighted by Crippen LogP contribution is 2.33. The van der Waals surface area contributed by atoms with Gasteiger partial charge in [-0.15, -0.1) is 0 Å². The second-order valence-electron chi connectivity index (χ2n) is 5.96. The van der Waals surface area contributed by atoms with Crippen LogP contribution in [-0.4, -0.2) is 23.1 Å². The van der Waals surface area contributed by atoms with E-state index in [1.54, 1.807) is 0 Å². The van der Waals surface area contributed by atoms with Crippen LogP contribution in [0.25, 0.3) is 0 Å². The molecule has 1 saturated carbocycles. The fraction of sp³-hybridized carbons (Fsp3) is 0.733. The first-order valence-corrected chi connectivity index (χ1v) is 7.74. The number of amides is 1. The third-order valence-corrected chi connectivity index (χ3v) is 4.59. The molecule has 3 rings (SSSR count). The van der Waals surface area contributed by atoms with Crippen LogP contribution in [0.2, 0.25) is 0 Å². The van der Waals surface area contributed by atoms with Crippen LogP contribution in [-0.2, 0) is 17.8 Å². The first-order valence-electron chi connectivity index (χ1n) is 7.74. The first kappa shape index (κ1) is 13.6. The van der Waals surface area contributed by atoms with Crippen LogP contribution in [0.3, 0.4) is 0 Å². The Hall–Kier alpha value is -1.36. The molecule has 5 nitrogen and oxygen atoms in total.